The van der Waals surface area contributed by atoms with Gasteiger partial charge in [0.05, 0.1) is 24.8 Å². The molecule has 1 N–H and O–H groups in total. The summed E-state index contributed by atoms with van der Waals surface area (Å²) in [6.45, 7) is 3.21. The minimum atomic E-state index is -4.24. The van der Waals surface area contributed by atoms with E-state index in [1.807, 2.05) is 0 Å². The first-order valence-corrected chi connectivity index (χ1v) is 14.1. The number of anilines is 1. The van der Waals surface area contributed by atoms with Gasteiger partial charge in [-0.25, -0.2) is 8.42 Å². The molecule has 0 heterocycles. The third kappa shape index (κ3) is 7.21. The summed E-state index contributed by atoms with van der Waals surface area (Å²) < 4.78 is 39.6. The van der Waals surface area contributed by atoms with Gasteiger partial charge in [-0.3, -0.25) is 13.9 Å². The smallest absolute Gasteiger partial charge is 0.264 e. The molecule has 1 unspecified atom stereocenters. The van der Waals surface area contributed by atoms with Crippen molar-refractivity contribution in [2.24, 2.45) is 0 Å². The quantitative estimate of drug-likeness (QED) is 0.350. The number of hydrogen-bond acceptors (Lipinski definition) is 6. The summed E-state index contributed by atoms with van der Waals surface area (Å²) in [5.74, 6) is -0.353. The average molecular weight is 574 g/mol. The van der Waals surface area contributed by atoms with Crippen LogP contribution in [0.1, 0.15) is 19.4 Å². The molecule has 0 spiro atoms. The van der Waals surface area contributed by atoms with Crippen LogP contribution in [0.4, 0.5) is 5.69 Å². The maximum absolute atomic E-state index is 13.9. The molecule has 3 rings (SSSR count). The van der Waals surface area contributed by atoms with Gasteiger partial charge >= 0.3 is 0 Å². The summed E-state index contributed by atoms with van der Waals surface area (Å²) in [4.78, 5) is 28.1. The number of sulfonamides is 1. The van der Waals surface area contributed by atoms with Gasteiger partial charge in [0.25, 0.3) is 10.0 Å². The Morgan fingerprint density at radius 2 is 1.64 bits per heavy atom. The van der Waals surface area contributed by atoms with E-state index in [1.165, 1.54) is 37.3 Å². The number of ether oxygens (including phenoxy) is 2. The van der Waals surface area contributed by atoms with E-state index in [0.29, 0.717) is 17.3 Å². The Morgan fingerprint density at radius 1 is 0.974 bits per heavy atom. The summed E-state index contributed by atoms with van der Waals surface area (Å²) in [5, 5.41) is 3.25. The van der Waals surface area contributed by atoms with Crippen LogP contribution in [0, 0.1) is 0 Å². The molecular formula is C28H32ClN3O6S. The minimum absolute atomic E-state index is 0.0105. The van der Waals surface area contributed by atoms with Gasteiger partial charge in [-0.2, -0.15) is 0 Å². The van der Waals surface area contributed by atoms with Crippen molar-refractivity contribution in [2.45, 2.75) is 31.3 Å². The van der Waals surface area contributed by atoms with Crippen LogP contribution in [-0.2, 0) is 26.2 Å². The Kier molecular flexibility index (Phi) is 10.2. The van der Waals surface area contributed by atoms with Gasteiger partial charge in [-0.1, -0.05) is 41.9 Å². The molecule has 39 heavy (non-hydrogen) atoms. The molecule has 2 amide bonds. The maximum Gasteiger partial charge on any atom is 0.264 e. The fraction of sp³-hybridized carbons (Fsp3) is 0.286. The number of halogens is 1. The first kappa shape index (κ1) is 29.8. The summed E-state index contributed by atoms with van der Waals surface area (Å²) in [5.41, 5.74) is 0.839. The maximum atomic E-state index is 13.9. The Bertz CT molecular complexity index is 1380. The Morgan fingerprint density at radius 3 is 2.23 bits per heavy atom. The van der Waals surface area contributed by atoms with Crippen LogP contribution in [0.2, 0.25) is 5.02 Å². The lowest BCUT2D eigenvalue weighted by molar-refractivity contribution is -0.139. The zero-order valence-corrected chi connectivity index (χ0v) is 23.8. The highest BCUT2D eigenvalue weighted by atomic mass is 35.5. The lowest BCUT2D eigenvalue weighted by atomic mass is 10.1. The molecule has 11 heteroatoms. The van der Waals surface area contributed by atoms with Gasteiger partial charge < -0.3 is 19.7 Å². The van der Waals surface area contributed by atoms with Crippen LogP contribution in [-0.4, -0.2) is 58.5 Å². The van der Waals surface area contributed by atoms with E-state index in [-0.39, 0.29) is 28.8 Å². The van der Waals surface area contributed by atoms with E-state index in [9.17, 15) is 18.0 Å². The standard InChI is InChI=1S/C28H32ClN3O6S/c1-5-30-28(34)20(2)31(18-21-11-13-22(29)14-12-21)27(33)19-32(39(35,36)24-9-7-6-8-10-24)25-17-23(37-3)15-16-26(25)38-4/h6-17,20H,5,18-19H2,1-4H3,(H,30,34). The van der Waals surface area contributed by atoms with Gasteiger partial charge in [0.15, 0.2) is 0 Å². The minimum Gasteiger partial charge on any atom is -0.497 e. The third-order valence-corrected chi connectivity index (χ3v) is 8.08. The van der Waals surface area contributed by atoms with Gasteiger partial charge in [-0.05, 0) is 55.8 Å². The highest BCUT2D eigenvalue weighted by Gasteiger charge is 2.34. The summed E-state index contributed by atoms with van der Waals surface area (Å²) in [6.07, 6.45) is 0. The van der Waals surface area contributed by atoms with E-state index < -0.39 is 28.5 Å². The van der Waals surface area contributed by atoms with Crippen molar-refractivity contribution in [3.8, 4) is 11.5 Å². The molecule has 0 aliphatic heterocycles. The fourth-order valence-electron chi connectivity index (χ4n) is 3.92. The molecular weight excluding hydrogens is 542 g/mol. The van der Waals surface area contributed by atoms with E-state index in [1.54, 1.807) is 68.4 Å². The monoisotopic (exact) mass is 573 g/mol. The highest BCUT2D eigenvalue weighted by Crippen LogP contribution is 2.36. The van der Waals surface area contributed by atoms with Crippen molar-refractivity contribution in [3.05, 3.63) is 83.4 Å². The van der Waals surface area contributed by atoms with Crippen molar-refractivity contribution in [1.29, 1.82) is 0 Å². The largest absolute Gasteiger partial charge is 0.497 e. The molecule has 1 atom stereocenters. The molecule has 0 radical (unpaired) electrons. The van der Waals surface area contributed by atoms with Gasteiger partial charge in [0.2, 0.25) is 11.8 Å². The number of benzene rings is 3. The Hall–Kier alpha value is -3.76. The number of carbonyl (C=O) groups excluding carboxylic acids is 2. The predicted octanol–water partition coefficient (Wildman–Crippen LogP) is 4.11. The number of hydrogen-bond donors (Lipinski definition) is 1. The van der Waals surface area contributed by atoms with Crippen molar-refractivity contribution >= 4 is 39.1 Å². The second-order valence-corrected chi connectivity index (χ2v) is 10.9. The van der Waals surface area contributed by atoms with Crippen molar-refractivity contribution < 1.29 is 27.5 Å². The number of carbonyl (C=O) groups is 2. The normalized spacial score (nSPS) is 11.8. The summed E-state index contributed by atoms with van der Waals surface area (Å²) >= 11 is 6.02. The first-order valence-electron chi connectivity index (χ1n) is 12.2. The van der Waals surface area contributed by atoms with Gasteiger partial charge in [-0.15, -0.1) is 0 Å². The molecule has 0 aromatic heterocycles. The SMILES string of the molecule is CCNC(=O)C(C)N(Cc1ccc(Cl)cc1)C(=O)CN(c1cc(OC)ccc1OC)S(=O)(=O)c1ccccc1. The van der Waals surface area contributed by atoms with E-state index in [4.69, 9.17) is 21.1 Å². The molecule has 3 aromatic carbocycles. The van der Waals surface area contributed by atoms with Crippen LogP contribution in [0.5, 0.6) is 11.5 Å². The van der Waals surface area contributed by atoms with E-state index in [0.717, 1.165) is 9.87 Å². The number of rotatable bonds is 12. The average Bonchev–Trinajstić information content (AvgIpc) is 2.95. The van der Waals surface area contributed by atoms with Crippen LogP contribution in [0.3, 0.4) is 0 Å². The number of likely N-dealkylation sites (N-methyl/N-ethyl adjacent to an activating group) is 1. The zero-order valence-electron chi connectivity index (χ0n) is 22.3. The molecule has 0 bridgehead atoms. The molecule has 3 aromatic rings. The second-order valence-electron chi connectivity index (χ2n) is 8.58. The molecule has 9 nitrogen and oxygen atoms in total. The van der Waals surface area contributed by atoms with Crippen LogP contribution in [0.25, 0.3) is 0 Å². The molecule has 0 saturated carbocycles. The van der Waals surface area contributed by atoms with Crippen molar-refractivity contribution in [1.82, 2.24) is 10.2 Å². The molecule has 0 fully saturated rings. The Balaban J connectivity index is 2.10. The highest BCUT2D eigenvalue weighted by molar-refractivity contribution is 7.92. The molecule has 0 saturated heterocycles. The first-order chi connectivity index (χ1) is 18.6. The Labute approximate surface area is 234 Å². The molecule has 208 valence electrons. The zero-order chi connectivity index (χ0) is 28.6. The van der Waals surface area contributed by atoms with Crippen LogP contribution < -0.4 is 19.1 Å². The van der Waals surface area contributed by atoms with Gasteiger partial charge in [0, 0.05) is 24.2 Å². The summed E-state index contributed by atoms with van der Waals surface area (Å²) in [7, 11) is -1.38. The van der Waals surface area contributed by atoms with E-state index in [2.05, 4.69) is 5.32 Å². The van der Waals surface area contributed by atoms with Crippen LogP contribution in [0.15, 0.2) is 77.7 Å². The lowest BCUT2D eigenvalue weighted by Crippen LogP contribution is -2.51. The molecule has 0 aliphatic carbocycles. The predicted molar refractivity (Wildman–Crippen MR) is 151 cm³/mol. The number of nitrogens with zero attached hydrogens (tertiary/aromatic N) is 2. The third-order valence-electron chi connectivity index (χ3n) is 6.05. The summed E-state index contributed by atoms with van der Waals surface area (Å²) in [6, 6.07) is 18.4. The lowest BCUT2D eigenvalue weighted by Gasteiger charge is -2.32. The second kappa shape index (κ2) is 13.3. The van der Waals surface area contributed by atoms with Crippen LogP contribution >= 0.6 is 11.6 Å². The van der Waals surface area contributed by atoms with Gasteiger partial charge in [0.1, 0.15) is 24.1 Å². The van der Waals surface area contributed by atoms with Crippen molar-refractivity contribution in [2.75, 3.05) is 31.6 Å². The number of methoxy groups -OCH3 is 2. The molecule has 0 aliphatic rings. The number of nitrogens with one attached hydrogen (secondary N) is 1. The van der Waals surface area contributed by atoms with E-state index >= 15 is 0 Å². The fourth-order valence-corrected chi connectivity index (χ4v) is 5.48. The topological polar surface area (TPSA) is 105 Å². The van der Waals surface area contributed by atoms with Crippen molar-refractivity contribution in [3.63, 3.8) is 0 Å². The number of amides is 2.